The van der Waals surface area contributed by atoms with Crippen LogP contribution >= 0.6 is 11.3 Å². The van der Waals surface area contributed by atoms with E-state index in [1.54, 1.807) is 24.4 Å². The molecule has 0 amide bonds. The molecule has 3 rings (SSSR count). The lowest BCUT2D eigenvalue weighted by Gasteiger charge is -2.05. The van der Waals surface area contributed by atoms with Gasteiger partial charge in [-0.2, -0.15) is 5.10 Å². The number of benzene rings is 1. The Hall–Kier alpha value is -2.03. The molecule has 3 aromatic rings. The lowest BCUT2D eigenvalue weighted by molar-refractivity contribution is 0.583. The fourth-order valence-corrected chi connectivity index (χ4v) is 4.65. The third kappa shape index (κ3) is 4.15. The van der Waals surface area contributed by atoms with Gasteiger partial charge in [-0.25, -0.2) is 17.5 Å². The summed E-state index contributed by atoms with van der Waals surface area (Å²) in [7, 11) is -3.62. The predicted molar refractivity (Wildman–Crippen MR) is 96.3 cm³/mol. The first-order valence-electron chi connectivity index (χ1n) is 7.84. The van der Waals surface area contributed by atoms with Gasteiger partial charge < -0.3 is 0 Å². The van der Waals surface area contributed by atoms with Gasteiger partial charge >= 0.3 is 0 Å². The Labute approximate surface area is 150 Å². The van der Waals surface area contributed by atoms with Crippen LogP contribution in [-0.4, -0.2) is 18.2 Å². The van der Waals surface area contributed by atoms with Crippen LogP contribution in [0.4, 0.5) is 4.39 Å². The molecular weight excluding hydrogens is 361 g/mol. The average molecular weight is 379 g/mol. The highest BCUT2D eigenvalue weighted by Crippen LogP contribution is 2.28. The molecule has 0 saturated heterocycles. The molecule has 2 heterocycles. The maximum absolute atomic E-state index is 12.9. The molecule has 132 valence electrons. The monoisotopic (exact) mass is 379 g/mol. The average Bonchev–Trinajstić information content (AvgIpc) is 3.24. The quantitative estimate of drug-likeness (QED) is 0.682. The van der Waals surface area contributed by atoms with E-state index in [0.29, 0.717) is 5.56 Å². The van der Waals surface area contributed by atoms with Gasteiger partial charge in [-0.1, -0.05) is 19.1 Å². The van der Waals surface area contributed by atoms with Crippen LogP contribution in [0.25, 0.3) is 11.3 Å². The van der Waals surface area contributed by atoms with Crippen molar-refractivity contribution >= 4 is 21.4 Å². The van der Waals surface area contributed by atoms with Crippen molar-refractivity contribution in [3.63, 3.8) is 0 Å². The summed E-state index contributed by atoms with van der Waals surface area (Å²) in [6.45, 7) is 2.96. The minimum atomic E-state index is -3.62. The zero-order valence-electron chi connectivity index (χ0n) is 13.6. The molecule has 0 unspecified atom stereocenters. The molecule has 0 fully saturated rings. The maximum Gasteiger partial charge on any atom is 0.250 e. The molecular formula is C17H18FN3O2S2. The zero-order valence-corrected chi connectivity index (χ0v) is 15.3. The number of rotatable bonds is 7. The first-order valence-corrected chi connectivity index (χ1v) is 10.2. The second kappa shape index (κ2) is 7.47. The standard InChI is InChI=1S/C17H18FN3O2S2/c1-2-9-21-16(7-8-19-21)14-10-17(24-12-14)25(22,23)20-11-13-3-5-15(18)6-4-13/h3-8,10,12,20H,2,9,11H2,1H3. The molecule has 0 saturated carbocycles. The number of aryl methyl sites for hydroxylation is 1. The Morgan fingerprint density at radius 1 is 1.24 bits per heavy atom. The lowest BCUT2D eigenvalue weighted by atomic mass is 10.2. The van der Waals surface area contributed by atoms with E-state index in [-0.39, 0.29) is 16.6 Å². The molecule has 25 heavy (non-hydrogen) atoms. The fourth-order valence-electron chi connectivity index (χ4n) is 2.41. The van der Waals surface area contributed by atoms with Gasteiger partial charge in [0.1, 0.15) is 10.0 Å². The van der Waals surface area contributed by atoms with E-state index in [4.69, 9.17) is 0 Å². The fraction of sp³-hybridized carbons (Fsp3) is 0.235. The van der Waals surface area contributed by atoms with Crippen LogP contribution in [0.3, 0.4) is 0 Å². The minimum Gasteiger partial charge on any atom is -0.265 e. The van der Waals surface area contributed by atoms with Crippen LogP contribution in [0, 0.1) is 5.82 Å². The largest absolute Gasteiger partial charge is 0.265 e. The second-order valence-electron chi connectivity index (χ2n) is 5.55. The molecule has 5 nitrogen and oxygen atoms in total. The normalized spacial score (nSPS) is 11.8. The summed E-state index contributed by atoms with van der Waals surface area (Å²) >= 11 is 1.17. The van der Waals surface area contributed by atoms with Gasteiger partial charge in [-0.05, 0) is 36.2 Å². The summed E-state index contributed by atoms with van der Waals surface area (Å²) in [6.07, 6.45) is 2.66. The van der Waals surface area contributed by atoms with Gasteiger partial charge in [0.2, 0.25) is 10.0 Å². The molecule has 1 aromatic carbocycles. The summed E-state index contributed by atoms with van der Waals surface area (Å²) in [6, 6.07) is 9.26. The first kappa shape index (κ1) is 17.8. The molecule has 0 aliphatic heterocycles. The van der Waals surface area contributed by atoms with E-state index in [1.165, 1.54) is 23.5 Å². The number of thiophene rings is 1. The van der Waals surface area contributed by atoms with Gasteiger partial charge in [-0.15, -0.1) is 11.3 Å². The highest BCUT2D eigenvalue weighted by atomic mass is 32.2. The second-order valence-corrected chi connectivity index (χ2v) is 8.45. The van der Waals surface area contributed by atoms with E-state index in [1.807, 2.05) is 16.1 Å². The number of aromatic nitrogens is 2. The molecule has 0 radical (unpaired) electrons. The van der Waals surface area contributed by atoms with E-state index in [0.717, 1.165) is 24.2 Å². The van der Waals surface area contributed by atoms with Crippen LogP contribution in [0.5, 0.6) is 0 Å². The van der Waals surface area contributed by atoms with Crippen molar-refractivity contribution in [1.82, 2.24) is 14.5 Å². The minimum absolute atomic E-state index is 0.115. The number of nitrogens with zero attached hydrogens (tertiary/aromatic N) is 2. The van der Waals surface area contributed by atoms with Crippen molar-refractivity contribution in [2.45, 2.75) is 30.6 Å². The van der Waals surface area contributed by atoms with Gasteiger partial charge in [0.25, 0.3) is 0 Å². The van der Waals surface area contributed by atoms with Crippen LogP contribution < -0.4 is 4.72 Å². The van der Waals surface area contributed by atoms with Crippen LogP contribution in [-0.2, 0) is 23.1 Å². The molecule has 0 aliphatic rings. The van der Waals surface area contributed by atoms with Crippen molar-refractivity contribution in [3.05, 3.63) is 59.4 Å². The molecule has 8 heteroatoms. The highest BCUT2D eigenvalue weighted by molar-refractivity contribution is 7.91. The van der Waals surface area contributed by atoms with Crippen LogP contribution in [0.1, 0.15) is 18.9 Å². The zero-order chi connectivity index (χ0) is 17.9. The highest BCUT2D eigenvalue weighted by Gasteiger charge is 2.18. The number of hydrogen-bond acceptors (Lipinski definition) is 4. The van der Waals surface area contributed by atoms with Crippen molar-refractivity contribution in [2.75, 3.05) is 0 Å². The number of sulfonamides is 1. The molecule has 0 bridgehead atoms. The Bertz CT molecular complexity index is 946. The Balaban J connectivity index is 1.76. The SMILES string of the molecule is CCCn1nccc1-c1csc(S(=O)(=O)NCc2ccc(F)cc2)c1. The van der Waals surface area contributed by atoms with Gasteiger partial charge in [0, 0.05) is 30.2 Å². The third-order valence-electron chi connectivity index (χ3n) is 3.67. The summed E-state index contributed by atoms with van der Waals surface area (Å²) in [5, 5.41) is 6.08. The Kier molecular flexibility index (Phi) is 5.31. The van der Waals surface area contributed by atoms with Crippen LogP contribution in [0.2, 0.25) is 0 Å². The summed E-state index contributed by atoms with van der Waals surface area (Å²) in [5.41, 5.74) is 2.43. The lowest BCUT2D eigenvalue weighted by Crippen LogP contribution is -2.22. The topological polar surface area (TPSA) is 64.0 Å². The van der Waals surface area contributed by atoms with Gasteiger partial charge in [-0.3, -0.25) is 4.68 Å². The Morgan fingerprint density at radius 3 is 2.72 bits per heavy atom. The smallest absolute Gasteiger partial charge is 0.250 e. The third-order valence-corrected chi connectivity index (χ3v) is 6.51. The molecule has 2 aromatic heterocycles. The van der Waals surface area contributed by atoms with E-state index < -0.39 is 10.0 Å². The van der Waals surface area contributed by atoms with Gasteiger partial charge in [0.15, 0.2) is 0 Å². The van der Waals surface area contributed by atoms with Crippen molar-refractivity contribution in [2.24, 2.45) is 0 Å². The van der Waals surface area contributed by atoms with Crippen molar-refractivity contribution in [3.8, 4) is 11.3 Å². The van der Waals surface area contributed by atoms with E-state index in [2.05, 4.69) is 16.7 Å². The van der Waals surface area contributed by atoms with Crippen LogP contribution in [0.15, 0.2) is 52.2 Å². The first-order chi connectivity index (χ1) is 12.0. The Morgan fingerprint density at radius 2 is 2.00 bits per heavy atom. The summed E-state index contributed by atoms with van der Waals surface area (Å²) in [5.74, 6) is -0.349. The molecule has 0 atom stereocenters. The van der Waals surface area contributed by atoms with E-state index >= 15 is 0 Å². The van der Waals surface area contributed by atoms with Gasteiger partial charge in [0.05, 0.1) is 5.69 Å². The van der Waals surface area contributed by atoms with Crippen molar-refractivity contribution in [1.29, 1.82) is 0 Å². The number of halogens is 1. The van der Waals surface area contributed by atoms with E-state index in [9.17, 15) is 12.8 Å². The predicted octanol–water partition coefficient (Wildman–Crippen LogP) is 3.64. The molecule has 0 aliphatic carbocycles. The molecule has 0 spiro atoms. The summed E-state index contributed by atoms with van der Waals surface area (Å²) < 4.78 is 42.5. The van der Waals surface area contributed by atoms with Crippen molar-refractivity contribution < 1.29 is 12.8 Å². The summed E-state index contributed by atoms with van der Waals surface area (Å²) in [4.78, 5) is 0. The molecule has 1 N–H and O–H groups in total. The maximum atomic E-state index is 12.9. The number of hydrogen-bond donors (Lipinski definition) is 1. The number of nitrogens with one attached hydrogen (secondary N) is 1.